The minimum absolute atomic E-state index is 0.120. The van der Waals surface area contributed by atoms with Crippen LogP contribution in [0.2, 0.25) is 0 Å². The maximum atomic E-state index is 9.11. The molecule has 1 rings (SSSR count). The predicted molar refractivity (Wildman–Crippen MR) is 32.7 cm³/mol. The first kappa shape index (κ1) is 6.05. The minimum atomic E-state index is -0.120. The highest BCUT2D eigenvalue weighted by Crippen LogP contribution is 2.11. The SMILES string of the molecule is C[C@H]1C[C@H](O)[C@@H](C)N1. The van der Waals surface area contributed by atoms with Gasteiger partial charge in [0.05, 0.1) is 6.10 Å². The van der Waals surface area contributed by atoms with Crippen LogP contribution in [0.5, 0.6) is 0 Å². The lowest BCUT2D eigenvalue weighted by atomic mass is 10.2. The van der Waals surface area contributed by atoms with Crippen molar-refractivity contribution in [2.45, 2.75) is 38.5 Å². The van der Waals surface area contributed by atoms with Crippen molar-refractivity contribution in [1.29, 1.82) is 0 Å². The third-order valence-corrected chi connectivity index (χ3v) is 1.72. The maximum absolute atomic E-state index is 9.11. The van der Waals surface area contributed by atoms with Gasteiger partial charge >= 0.3 is 0 Å². The van der Waals surface area contributed by atoms with E-state index in [0.29, 0.717) is 12.1 Å². The second kappa shape index (κ2) is 2.03. The van der Waals surface area contributed by atoms with Crippen LogP contribution in [-0.2, 0) is 0 Å². The van der Waals surface area contributed by atoms with E-state index in [1.807, 2.05) is 6.92 Å². The molecule has 0 aromatic heterocycles. The topological polar surface area (TPSA) is 32.3 Å². The van der Waals surface area contributed by atoms with Gasteiger partial charge in [0, 0.05) is 12.1 Å². The van der Waals surface area contributed by atoms with Crippen LogP contribution in [0, 0.1) is 0 Å². The summed E-state index contributed by atoms with van der Waals surface area (Å²) in [5.41, 5.74) is 0. The highest BCUT2D eigenvalue weighted by Gasteiger charge is 2.25. The average Bonchev–Trinajstić information content (AvgIpc) is 1.85. The van der Waals surface area contributed by atoms with Gasteiger partial charge in [0.15, 0.2) is 0 Å². The number of aliphatic hydroxyl groups excluding tert-OH is 1. The van der Waals surface area contributed by atoms with Crippen molar-refractivity contribution in [3.63, 3.8) is 0 Å². The highest BCUT2D eigenvalue weighted by molar-refractivity contribution is 4.84. The molecular weight excluding hydrogens is 102 g/mol. The average molecular weight is 115 g/mol. The van der Waals surface area contributed by atoms with E-state index in [9.17, 15) is 0 Å². The van der Waals surface area contributed by atoms with Crippen molar-refractivity contribution in [3.8, 4) is 0 Å². The van der Waals surface area contributed by atoms with Gasteiger partial charge < -0.3 is 10.4 Å². The van der Waals surface area contributed by atoms with E-state index in [1.165, 1.54) is 0 Å². The summed E-state index contributed by atoms with van der Waals surface area (Å²) in [5, 5.41) is 12.3. The van der Waals surface area contributed by atoms with Crippen LogP contribution in [0.4, 0.5) is 0 Å². The van der Waals surface area contributed by atoms with Crippen LogP contribution in [0.15, 0.2) is 0 Å². The summed E-state index contributed by atoms with van der Waals surface area (Å²) < 4.78 is 0. The van der Waals surface area contributed by atoms with Crippen LogP contribution < -0.4 is 5.32 Å². The van der Waals surface area contributed by atoms with Gasteiger partial charge in [-0.25, -0.2) is 0 Å². The summed E-state index contributed by atoms with van der Waals surface area (Å²) in [6, 6.07) is 0.796. The van der Waals surface area contributed by atoms with Crippen molar-refractivity contribution >= 4 is 0 Å². The highest BCUT2D eigenvalue weighted by atomic mass is 16.3. The van der Waals surface area contributed by atoms with E-state index in [-0.39, 0.29) is 6.10 Å². The van der Waals surface area contributed by atoms with Gasteiger partial charge in [-0.2, -0.15) is 0 Å². The Balaban J connectivity index is 2.39. The molecule has 1 aliphatic rings. The molecule has 48 valence electrons. The fourth-order valence-electron chi connectivity index (χ4n) is 1.19. The Hall–Kier alpha value is -0.0800. The number of hydrogen-bond acceptors (Lipinski definition) is 2. The third kappa shape index (κ3) is 1.01. The normalized spacial score (nSPS) is 47.6. The molecule has 0 aliphatic carbocycles. The molecule has 0 bridgehead atoms. The first-order chi connectivity index (χ1) is 3.70. The Morgan fingerprint density at radius 2 is 2.12 bits per heavy atom. The predicted octanol–water partition coefficient (Wildman–Crippen LogP) is 0.118. The summed E-state index contributed by atoms with van der Waals surface area (Å²) in [5.74, 6) is 0. The second-order valence-electron chi connectivity index (χ2n) is 2.66. The van der Waals surface area contributed by atoms with Crippen LogP contribution >= 0.6 is 0 Å². The summed E-state index contributed by atoms with van der Waals surface area (Å²) >= 11 is 0. The summed E-state index contributed by atoms with van der Waals surface area (Å²) in [6.07, 6.45) is 0.784. The number of aliphatic hydroxyl groups is 1. The van der Waals surface area contributed by atoms with Crippen molar-refractivity contribution in [1.82, 2.24) is 5.32 Å². The molecule has 0 unspecified atom stereocenters. The molecule has 3 atom stereocenters. The van der Waals surface area contributed by atoms with E-state index in [4.69, 9.17) is 5.11 Å². The fraction of sp³-hybridized carbons (Fsp3) is 1.00. The molecule has 0 saturated carbocycles. The first-order valence-electron chi connectivity index (χ1n) is 3.14. The van der Waals surface area contributed by atoms with Gasteiger partial charge in [-0.05, 0) is 20.3 Å². The van der Waals surface area contributed by atoms with E-state index in [1.54, 1.807) is 0 Å². The van der Waals surface area contributed by atoms with Gasteiger partial charge in [0.1, 0.15) is 0 Å². The van der Waals surface area contributed by atoms with Gasteiger partial charge in [-0.3, -0.25) is 0 Å². The lowest BCUT2D eigenvalue weighted by molar-refractivity contribution is 0.165. The van der Waals surface area contributed by atoms with Gasteiger partial charge in [0.25, 0.3) is 0 Å². The van der Waals surface area contributed by atoms with Crippen LogP contribution in [0.25, 0.3) is 0 Å². The molecular formula is C6H13NO. The standard InChI is InChI=1S/C6H13NO/c1-4-3-6(8)5(2)7-4/h4-8H,3H2,1-2H3/t4-,5+,6-/m0/s1. The lowest BCUT2D eigenvalue weighted by Crippen LogP contribution is -2.28. The molecule has 8 heavy (non-hydrogen) atoms. The molecule has 2 nitrogen and oxygen atoms in total. The fourth-order valence-corrected chi connectivity index (χ4v) is 1.19. The molecule has 0 amide bonds. The molecule has 0 aromatic rings. The van der Waals surface area contributed by atoms with E-state index in [2.05, 4.69) is 12.2 Å². The van der Waals surface area contributed by atoms with Crippen LogP contribution in [0.1, 0.15) is 20.3 Å². The maximum Gasteiger partial charge on any atom is 0.0705 e. The van der Waals surface area contributed by atoms with Gasteiger partial charge in [-0.1, -0.05) is 0 Å². The Morgan fingerprint density at radius 3 is 2.25 bits per heavy atom. The zero-order chi connectivity index (χ0) is 6.15. The number of rotatable bonds is 0. The van der Waals surface area contributed by atoms with Crippen molar-refractivity contribution < 1.29 is 5.11 Å². The molecule has 2 heteroatoms. The number of nitrogens with one attached hydrogen (secondary N) is 1. The molecule has 1 saturated heterocycles. The van der Waals surface area contributed by atoms with Crippen molar-refractivity contribution in [3.05, 3.63) is 0 Å². The number of hydrogen-bond donors (Lipinski definition) is 2. The van der Waals surface area contributed by atoms with Crippen molar-refractivity contribution in [2.75, 3.05) is 0 Å². The molecule has 2 N–H and O–H groups in total. The minimum Gasteiger partial charge on any atom is -0.391 e. The van der Waals surface area contributed by atoms with Crippen molar-refractivity contribution in [2.24, 2.45) is 0 Å². The van der Waals surface area contributed by atoms with E-state index in [0.717, 1.165) is 6.42 Å². The Labute approximate surface area is 49.9 Å². The van der Waals surface area contributed by atoms with Gasteiger partial charge in [0.2, 0.25) is 0 Å². The third-order valence-electron chi connectivity index (χ3n) is 1.72. The molecule has 0 spiro atoms. The Bertz CT molecular complexity index is 74.6. The summed E-state index contributed by atoms with van der Waals surface area (Å²) in [7, 11) is 0. The zero-order valence-corrected chi connectivity index (χ0v) is 5.39. The molecule has 0 aromatic carbocycles. The van der Waals surface area contributed by atoms with E-state index < -0.39 is 0 Å². The Morgan fingerprint density at radius 1 is 1.50 bits per heavy atom. The zero-order valence-electron chi connectivity index (χ0n) is 5.39. The largest absolute Gasteiger partial charge is 0.391 e. The summed E-state index contributed by atoms with van der Waals surface area (Å²) in [4.78, 5) is 0. The second-order valence-corrected chi connectivity index (χ2v) is 2.66. The molecule has 1 heterocycles. The quantitative estimate of drug-likeness (QED) is 0.470. The molecule has 0 radical (unpaired) electrons. The Kier molecular flexibility index (Phi) is 1.54. The lowest BCUT2D eigenvalue weighted by Gasteiger charge is -2.05. The molecule has 1 aliphatic heterocycles. The monoisotopic (exact) mass is 115 g/mol. The molecule has 1 fully saturated rings. The summed E-state index contributed by atoms with van der Waals surface area (Å²) in [6.45, 7) is 4.10. The van der Waals surface area contributed by atoms with Crippen LogP contribution in [-0.4, -0.2) is 23.3 Å². The van der Waals surface area contributed by atoms with Gasteiger partial charge in [-0.15, -0.1) is 0 Å². The smallest absolute Gasteiger partial charge is 0.0705 e. The van der Waals surface area contributed by atoms with Crippen LogP contribution in [0.3, 0.4) is 0 Å². The first-order valence-corrected chi connectivity index (χ1v) is 3.14. The van der Waals surface area contributed by atoms with E-state index >= 15 is 0 Å².